The van der Waals surface area contributed by atoms with Gasteiger partial charge in [0, 0.05) is 38.2 Å². The molecule has 2 aliphatic rings. The Bertz CT molecular complexity index is 1260. The molecule has 5 rings (SSSR count). The van der Waals surface area contributed by atoms with Gasteiger partial charge in [-0.1, -0.05) is 78.9 Å². The number of nitrogens with zero attached hydrogens (tertiary/aromatic N) is 2. The summed E-state index contributed by atoms with van der Waals surface area (Å²) < 4.78 is 34.3. The SMILES string of the molecule is COC[C@@H]1[C@H](c2ccc(-c3ccccc3C)cc2)[C@@H]2CN(S(=O)(=O)Cc3ccccc3)CCCCN12. The highest BCUT2D eigenvalue weighted by Gasteiger charge is 2.50. The Kier molecular flexibility index (Phi) is 7.58. The van der Waals surface area contributed by atoms with Gasteiger partial charge in [0.15, 0.2) is 0 Å². The highest BCUT2D eigenvalue weighted by Crippen LogP contribution is 2.43. The Hall–Kier alpha value is -2.51. The van der Waals surface area contributed by atoms with Gasteiger partial charge < -0.3 is 4.74 Å². The Morgan fingerprint density at radius 1 is 0.889 bits per heavy atom. The summed E-state index contributed by atoms with van der Waals surface area (Å²) in [5, 5.41) is 0. The molecule has 0 bridgehead atoms. The van der Waals surface area contributed by atoms with Crippen molar-refractivity contribution in [1.82, 2.24) is 9.21 Å². The molecule has 0 unspecified atom stereocenters. The van der Waals surface area contributed by atoms with Crippen molar-refractivity contribution in [2.45, 2.75) is 43.5 Å². The third-order valence-corrected chi connectivity index (χ3v) is 9.64. The molecule has 0 aromatic heterocycles. The van der Waals surface area contributed by atoms with Crippen molar-refractivity contribution in [3.63, 3.8) is 0 Å². The van der Waals surface area contributed by atoms with Crippen LogP contribution in [0, 0.1) is 6.92 Å². The molecule has 0 aliphatic carbocycles. The molecule has 2 saturated heterocycles. The Morgan fingerprint density at radius 2 is 1.58 bits per heavy atom. The van der Waals surface area contributed by atoms with Gasteiger partial charge in [0.25, 0.3) is 0 Å². The standard InChI is InChI=1S/C30H36N2O3S/c1-23-10-6-7-13-27(23)25-14-16-26(17-15-25)30-28-20-31(18-8-9-19-32(28)29(30)21-35-2)36(33,34)22-24-11-4-3-5-12-24/h3-7,10-17,28-30H,8-9,18-22H2,1-2H3/t28-,29+,30+/m0/s1. The second-order valence-electron chi connectivity index (χ2n) is 10.1. The number of aryl methyl sites for hydroxylation is 1. The molecular formula is C30H36N2O3S. The molecule has 2 fully saturated rings. The summed E-state index contributed by atoms with van der Waals surface area (Å²) in [6.07, 6.45) is 1.87. The molecule has 2 aliphatic heterocycles. The van der Waals surface area contributed by atoms with E-state index in [9.17, 15) is 8.42 Å². The van der Waals surface area contributed by atoms with Gasteiger partial charge >= 0.3 is 0 Å². The summed E-state index contributed by atoms with van der Waals surface area (Å²) in [6, 6.07) is 27.2. The molecule has 0 amide bonds. The van der Waals surface area contributed by atoms with Crippen molar-refractivity contribution >= 4 is 10.0 Å². The van der Waals surface area contributed by atoms with E-state index in [-0.39, 0.29) is 23.8 Å². The fraction of sp³-hybridized carbons (Fsp3) is 0.400. The Labute approximate surface area is 215 Å². The number of methoxy groups -OCH3 is 1. The number of sulfonamides is 1. The van der Waals surface area contributed by atoms with Gasteiger partial charge in [-0.05, 0) is 54.1 Å². The van der Waals surface area contributed by atoms with E-state index < -0.39 is 10.0 Å². The molecule has 0 radical (unpaired) electrons. The van der Waals surface area contributed by atoms with Gasteiger partial charge in [0.05, 0.1) is 12.4 Å². The summed E-state index contributed by atoms with van der Waals surface area (Å²) >= 11 is 0. The van der Waals surface area contributed by atoms with Crippen LogP contribution >= 0.6 is 0 Å². The molecular weight excluding hydrogens is 468 g/mol. The first kappa shape index (κ1) is 25.2. The minimum atomic E-state index is -3.41. The monoisotopic (exact) mass is 504 g/mol. The average molecular weight is 505 g/mol. The maximum atomic E-state index is 13.5. The molecule has 5 nitrogen and oxygen atoms in total. The third kappa shape index (κ3) is 5.14. The zero-order valence-corrected chi connectivity index (χ0v) is 22.0. The molecule has 3 aromatic carbocycles. The molecule has 0 saturated carbocycles. The topological polar surface area (TPSA) is 49.9 Å². The first-order valence-electron chi connectivity index (χ1n) is 12.9. The number of hydrogen-bond donors (Lipinski definition) is 0. The van der Waals surface area contributed by atoms with Gasteiger partial charge in [0.2, 0.25) is 10.0 Å². The molecule has 0 N–H and O–H groups in total. The number of ether oxygens (including phenoxy) is 1. The lowest BCUT2D eigenvalue weighted by Crippen LogP contribution is -2.68. The summed E-state index contributed by atoms with van der Waals surface area (Å²) in [4.78, 5) is 2.48. The molecule has 3 aromatic rings. The highest BCUT2D eigenvalue weighted by atomic mass is 32.2. The molecule has 36 heavy (non-hydrogen) atoms. The van der Waals surface area contributed by atoms with Gasteiger partial charge in [-0.15, -0.1) is 0 Å². The van der Waals surface area contributed by atoms with Crippen LogP contribution in [0.2, 0.25) is 0 Å². The molecule has 190 valence electrons. The largest absolute Gasteiger partial charge is 0.383 e. The summed E-state index contributed by atoms with van der Waals surface area (Å²) in [5.41, 5.74) is 5.82. The lowest BCUT2D eigenvalue weighted by molar-refractivity contribution is -0.0635. The second-order valence-corrected chi connectivity index (χ2v) is 12.1. The van der Waals surface area contributed by atoms with E-state index in [1.807, 2.05) is 30.3 Å². The summed E-state index contributed by atoms with van der Waals surface area (Å²) in [5.74, 6) is 0.293. The maximum absolute atomic E-state index is 13.5. The van der Waals surface area contributed by atoms with Crippen molar-refractivity contribution in [1.29, 1.82) is 0 Å². The van der Waals surface area contributed by atoms with E-state index in [1.54, 1.807) is 11.4 Å². The van der Waals surface area contributed by atoms with E-state index >= 15 is 0 Å². The Morgan fingerprint density at radius 3 is 2.31 bits per heavy atom. The second kappa shape index (κ2) is 10.9. The maximum Gasteiger partial charge on any atom is 0.218 e. The fourth-order valence-corrected chi connectivity index (χ4v) is 7.55. The Balaban J connectivity index is 1.40. The van der Waals surface area contributed by atoms with Crippen molar-refractivity contribution < 1.29 is 13.2 Å². The van der Waals surface area contributed by atoms with E-state index in [2.05, 4.69) is 60.4 Å². The first-order valence-corrected chi connectivity index (χ1v) is 14.5. The van der Waals surface area contributed by atoms with Crippen molar-refractivity contribution in [3.8, 4) is 11.1 Å². The number of rotatable bonds is 7. The minimum absolute atomic E-state index is 0.0534. The number of benzene rings is 3. The van der Waals surface area contributed by atoms with E-state index in [1.165, 1.54) is 22.3 Å². The summed E-state index contributed by atoms with van der Waals surface area (Å²) in [6.45, 7) is 4.90. The van der Waals surface area contributed by atoms with Crippen LogP contribution in [-0.2, 0) is 20.5 Å². The van der Waals surface area contributed by atoms with Gasteiger partial charge in [0.1, 0.15) is 0 Å². The van der Waals surface area contributed by atoms with Crippen molar-refractivity contribution in [3.05, 3.63) is 95.6 Å². The van der Waals surface area contributed by atoms with Gasteiger partial charge in [-0.2, -0.15) is 0 Å². The van der Waals surface area contributed by atoms with Crippen LogP contribution in [0.3, 0.4) is 0 Å². The molecule has 3 atom stereocenters. The van der Waals surface area contributed by atoms with Crippen LogP contribution in [0.15, 0.2) is 78.9 Å². The fourth-order valence-electron chi connectivity index (χ4n) is 5.97. The lowest BCUT2D eigenvalue weighted by atomic mass is 9.74. The van der Waals surface area contributed by atoms with Gasteiger partial charge in [-0.25, -0.2) is 12.7 Å². The molecule has 0 spiro atoms. The predicted octanol–water partition coefficient (Wildman–Crippen LogP) is 5.07. The number of hydrogen-bond acceptors (Lipinski definition) is 4. The minimum Gasteiger partial charge on any atom is -0.383 e. The van der Waals surface area contributed by atoms with E-state index in [0.29, 0.717) is 19.7 Å². The zero-order chi connectivity index (χ0) is 25.1. The van der Waals surface area contributed by atoms with E-state index in [4.69, 9.17) is 4.74 Å². The lowest BCUT2D eigenvalue weighted by Gasteiger charge is -2.57. The van der Waals surface area contributed by atoms with E-state index in [0.717, 1.165) is 24.9 Å². The molecule has 2 heterocycles. The van der Waals surface area contributed by atoms with Crippen LogP contribution in [-0.4, -0.2) is 63.1 Å². The van der Waals surface area contributed by atoms with Gasteiger partial charge in [-0.3, -0.25) is 4.90 Å². The summed E-state index contributed by atoms with van der Waals surface area (Å²) in [7, 11) is -1.65. The average Bonchev–Trinajstić information content (AvgIpc) is 2.86. The molecule has 6 heteroatoms. The number of fused-ring (bicyclic) bond motifs is 1. The smallest absolute Gasteiger partial charge is 0.218 e. The quantitative estimate of drug-likeness (QED) is 0.451. The predicted molar refractivity (Wildman–Crippen MR) is 145 cm³/mol. The van der Waals surface area contributed by atoms with Crippen LogP contribution in [0.1, 0.15) is 35.4 Å². The normalized spacial score (nSPS) is 23.3. The van der Waals surface area contributed by atoms with Crippen LogP contribution < -0.4 is 0 Å². The van der Waals surface area contributed by atoms with Crippen LogP contribution in [0.25, 0.3) is 11.1 Å². The van der Waals surface area contributed by atoms with Crippen molar-refractivity contribution in [2.24, 2.45) is 0 Å². The zero-order valence-electron chi connectivity index (χ0n) is 21.2. The van der Waals surface area contributed by atoms with Crippen LogP contribution in [0.4, 0.5) is 0 Å². The first-order chi connectivity index (χ1) is 17.5. The van der Waals surface area contributed by atoms with Crippen LogP contribution in [0.5, 0.6) is 0 Å². The third-order valence-electron chi connectivity index (χ3n) is 7.82. The van der Waals surface area contributed by atoms with Crippen molar-refractivity contribution in [2.75, 3.05) is 33.4 Å². The highest BCUT2D eigenvalue weighted by molar-refractivity contribution is 7.88.